The number of nitrogens with one attached hydrogen (secondary N) is 1. The predicted octanol–water partition coefficient (Wildman–Crippen LogP) is 1.34. The van der Waals surface area contributed by atoms with Gasteiger partial charge in [-0.1, -0.05) is 0 Å². The maximum Gasteiger partial charge on any atom is 0.306 e. The summed E-state index contributed by atoms with van der Waals surface area (Å²) in [5.41, 5.74) is -0.374. The van der Waals surface area contributed by atoms with Gasteiger partial charge >= 0.3 is 5.97 Å². The molecule has 0 saturated carbocycles. The summed E-state index contributed by atoms with van der Waals surface area (Å²) in [6, 6.07) is 0. The first-order chi connectivity index (χ1) is 6.95. The molecule has 15 heavy (non-hydrogen) atoms. The molecule has 0 bridgehead atoms. The monoisotopic (exact) mass is 217 g/mol. The van der Waals surface area contributed by atoms with Gasteiger partial charge in [-0.2, -0.15) is 0 Å². The lowest BCUT2D eigenvalue weighted by Crippen LogP contribution is -2.25. The van der Waals surface area contributed by atoms with Crippen LogP contribution in [0.3, 0.4) is 0 Å². The summed E-state index contributed by atoms with van der Waals surface area (Å²) in [5, 5.41) is 3.17. The first kappa shape index (κ1) is 14.4. The van der Waals surface area contributed by atoms with Gasteiger partial charge in [0.1, 0.15) is 5.60 Å². The van der Waals surface area contributed by atoms with Gasteiger partial charge in [-0.3, -0.25) is 4.79 Å². The van der Waals surface area contributed by atoms with Crippen molar-refractivity contribution in [3.8, 4) is 0 Å². The van der Waals surface area contributed by atoms with Crippen LogP contribution in [-0.2, 0) is 14.3 Å². The lowest BCUT2D eigenvalue weighted by molar-refractivity contribution is -0.154. The first-order valence-electron chi connectivity index (χ1n) is 5.37. The predicted molar refractivity (Wildman–Crippen MR) is 59.8 cm³/mol. The van der Waals surface area contributed by atoms with E-state index in [4.69, 9.17) is 9.47 Å². The van der Waals surface area contributed by atoms with Crippen molar-refractivity contribution in [3.63, 3.8) is 0 Å². The average molecular weight is 217 g/mol. The summed E-state index contributed by atoms with van der Waals surface area (Å²) < 4.78 is 10.1. The molecule has 4 nitrogen and oxygen atoms in total. The number of carbonyl (C=O) groups is 1. The third-order valence-electron chi connectivity index (χ3n) is 1.64. The van der Waals surface area contributed by atoms with E-state index in [-0.39, 0.29) is 11.6 Å². The number of ether oxygens (including phenoxy) is 2. The highest BCUT2D eigenvalue weighted by atomic mass is 16.6. The van der Waals surface area contributed by atoms with Crippen LogP contribution in [0.2, 0.25) is 0 Å². The van der Waals surface area contributed by atoms with Crippen LogP contribution in [0.4, 0.5) is 0 Å². The van der Waals surface area contributed by atoms with Crippen molar-refractivity contribution in [1.82, 2.24) is 5.32 Å². The van der Waals surface area contributed by atoms with Crippen LogP contribution >= 0.6 is 0 Å². The third-order valence-corrected chi connectivity index (χ3v) is 1.64. The van der Waals surface area contributed by atoms with Crippen LogP contribution in [0.15, 0.2) is 0 Å². The summed E-state index contributed by atoms with van der Waals surface area (Å²) >= 11 is 0. The molecule has 0 amide bonds. The van der Waals surface area contributed by atoms with Crippen molar-refractivity contribution in [1.29, 1.82) is 0 Å². The van der Waals surface area contributed by atoms with Gasteiger partial charge in [-0.25, -0.2) is 0 Å². The largest absolute Gasteiger partial charge is 0.460 e. The lowest BCUT2D eigenvalue weighted by atomic mass is 10.2. The molecule has 0 aromatic carbocycles. The summed E-state index contributed by atoms with van der Waals surface area (Å²) in [4.78, 5) is 11.3. The maximum absolute atomic E-state index is 11.3. The molecule has 0 aromatic heterocycles. The average Bonchev–Trinajstić information content (AvgIpc) is 2.08. The van der Waals surface area contributed by atoms with Crippen LogP contribution in [0.25, 0.3) is 0 Å². The molecule has 0 rings (SSSR count). The number of methoxy groups -OCH3 is 1. The van der Waals surface area contributed by atoms with Crippen molar-refractivity contribution < 1.29 is 14.3 Å². The molecule has 0 aliphatic heterocycles. The minimum Gasteiger partial charge on any atom is -0.460 e. The van der Waals surface area contributed by atoms with Crippen molar-refractivity contribution in [3.05, 3.63) is 0 Å². The Labute approximate surface area is 92.3 Å². The van der Waals surface area contributed by atoms with Crippen LogP contribution in [-0.4, -0.2) is 38.4 Å². The Morgan fingerprint density at radius 1 is 1.27 bits per heavy atom. The molecular formula is C11H23NO3. The van der Waals surface area contributed by atoms with Gasteiger partial charge in [-0.05, 0) is 33.7 Å². The van der Waals surface area contributed by atoms with E-state index in [2.05, 4.69) is 5.32 Å². The van der Waals surface area contributed by atoms with Crippen molar-refractivity contribution in [2.45, 2.75) is 39.2 Å². The van der Waals surface area contributed by atoms with Crippen molar-refractivity contribution in [2.24, 2.45) is 0 Å². The zero-order chi connectivity index (χ0) is 11.7. The minimum absolute atomic E-state index is 0.129. The Hall–Kier alpha value is -0.610. The molecule has 0 unspecified atom stereocenters. The van der Waals surface area contributed by atoms with E-state index in [1.54, 1.807) is 7.11 Å². The SMILES string of the molecule is COCCNCCCC(=O)OC(C)(C)C. The number of esters is 1. The molecule has 0 spiro atoms. The molecule has 0 radical (unpaired) electrons. The van der Waals surface area contributed by atoms with E-state index >= 15 is 0 Å². The topological polar surface area (TPSA) is 47.6 Å². The normalized spacial score (nSPS) is 11.5. The fourth-order valence-electron chi connectivity index (χ4n) is 1.05. The molecule has 1 N–H and O–H groups in total. The third kappa shape index (κ3) is 11.3. The highest BCUT2D eigenvalue weighted by Crippen LogP contribution is 2.08. The van der Waals surface area contributed by atoms with Gasteiger partial charge in [0.05, 0.1) is 6.61 Å². The quantitative estimate of drug-likeness (QED) is 0.516. The fraction of sp³-hybridized carbons (Fsp3) is 0.909. The standard InChI is InChI=1S/C11H23NO3/c1-11(2,3)15-10(13)6-5-7-12-8-9-14-4/h12H,5-9H2,1-4H3. The Bertz CT molecular complexity index is 175. The number of carbonyl (C=O) groups excluding carboxylic acids is 1. The molecule has 0 heterocycles. The number of hydrogen-bond acceptors (Lipinski definition) is 4. The van der Waals surface area contributed by atoms with Crippen LogP contribution < -0.4 is 5.32 Å². The van der Waals surface area contributed by atoms with Gasteiger partial charge in [0.25, 0.3) is 0 Å². The Balaban J connectivity index is 3.32. The molecule has 0 saturated heterocycles. The molecule has 0 aliphatic rings. The highest BCUT2D eigenvalue weighted by molar-refractivity contribution is 5.69. The molecule has 0 fully saturated rings. The van der Waals surface area contributed by atoms with Gasteiger partial charge in [0.2, 0.25) is 0 Å². The first-order valence-corrected chi connectivity index (χ1v) is 5.37. The van der Waals surface area contributed by atoms with E-state index in [1.807, 2.05) is 20.8 Å². The maximum atomic E-state index is 11.3. The summed E-state index contributed by atoms with van der Waals surface area (Å²) in [5.74, 6) is -0.129. The van der Waals surface area contributed by atoms with Gasteiger partial charge in [-0.15, -0.1) is 0 Å². The summed E-state index contributed by atoms with van der Waals surface area (Å²) in [6.45, 7) is 7.98. The molecule has 0 atom stereocenters. The Morgan fingerprint density at radius 3 is 2.47 bits per heavy atom. The number of hydrogen-bond donors (Lipinski definition) is 1. The minimum atomic E-state index is -0.374. The van der Waals surface area contributed by atoms with Crippen LogP contribution in [0.5, 0.6) is 0 Å². The Kier molecular flexibility index (Phi) is 7.34. The second kappa shape index (κ2) is 7.65. The smallest absolute Gasteiger partial charge is 0.306 e. The van der Waals surface area contributed by atoms with Gasteiger partial charge < -0.3 is 14.8 Å². The van der Waals surface area contributed by atoms with E-state index in [0.29, 0.717) is 13.0 Å². The lowest BCUT2D eigenvalue weighted by Gasteiger charge is -2.19. The zero-order valence-electron chi connectivity index (χ0n) is 10.3. The second-order valence-corrected chi connectivity index (χ2v) is 4.43. The highest BCUT2D eigenvalue weighted by Gasteiger charge is 2.15. The van der Waals surface area contributed by atoms with E-state index in [9.17, 15) is 4.79 Å². The zero-order valence-corrected chi connectivity index (χ0v) is 10.3. The fourth-order valence-corrected chi connectivity index (χ4v) is 1.05. The van der Waals surface area contributed by atoms with Gasteiger partial charge in [0.15, 0.2) is 0 Å². The summed E-state index contributed by atoms with van der Waals surface area (Å²) in [7, 11) is 1.67. The van der Waals surface area contributed by atoms with Crippen molar-refractivity contribution in [2.75, 3.05) is 26.8 Å². The summed E-state index contributed by atoms with van der Waals surface area (Å²) in [6.07, 6.45) is 1.27. The second-order valence-electron chi connectivity index (χ2n) is 4.43. The van der Waals surface area contributed by atoms with Crippen molar-refractivity contribution >= 4 is 5.97 Å². The van der Waals surface area contributed by atoms with Crippen LogP contribution in [0.1, 0.15) is 33.6 Å². The Morgan fingerprint density at radius 2 is 1.93 bits per heavy atom. The van der Waals surface area contributed by atoms with Gasteiger partial charge in [0, 0.05) is 20.1 Å². The number of rotatable bonds is 7. The van der Waals surface area contributed by atoms with Crippen LogP contribution in [0, 0.1) is 0 Å². The van der Waals surface area contributed by atoms with E-state index in [0.717, 1.165) is 19.5 Å². The molecule has 0 aliphatic carbocycles. The van der Waals surface area contributed by atoms with E-state index in [1.165, 1.54) is 0 Å². The van der Waals surface area contributed by atoms with E-state index < -0.39 is 0 Å². The molecule has 4 heteroatoms. The molecule has 90 valence electrons. The molecular weight excluding hydrogens is 194 g/mol. The molecule has 0 aromatic rings.